The molecule has 16 heavy (non-hydrogen) atoms. The van der Waals surface area contributed by atoms with E-state index in [1.165, 1.54) is 5.69 Å². The zero-order valence-corrected chi connectivity index (χ0v) is 9.54. The molecule has 0 atom stereocenters. The van der Waals surface area contributed by atoms with Gasteiger partial charge in [-0.05, 0) is 6.07 Å². The molecule has 1 aromatic carbocycles. The summed E-state index contributed by atoms with van der Waals surface area (Å²) in [5, 5.41) is 4.11. The summed E-state index contributed by atoms with van der Waals surface area (Å²) in [6, 6.07) is 7.84. The van der Waals surface area contributed by atoms with E-state index in [-0.39, 0.29) is 0 Å². The molecule has 0 saturated heterocycles. The van der Waals surface area contributed by atoms with Gasteiger partial charge in [0.1, 0.15) is 0 Å². The first kappa shape index (κ1) is 9.87. The molecule has 0 fully saturated rings. The predicted molar refractivity (Wildman–Crippen MR) is 64.4 cm³/mol. The summed E-state index contributed by atoms with van der Waals surface area (Å²) in [7, 11) is 0. The van der Waals surface area contributed by atoms with Crippen molar-refractivity contribution in [2.75, 3.05) is 6.54 Å². The fraction of sp³-hybridized carbons (Fsp3) is 0.250. The van der Waals surface area contributed by atoms with Crippen LogP contribution in [0.3, 0.4) is 0 Å². The number of benzene rings is 1. The molecule has 0 saturated carbocycles. The average Bonchev–Trinajstić information content (AvgIpc) is 2.74. The quantitative estimate of drug-likeness (QED) is 0.819. The van der Waals surface area contributed by atoms with Crippen molar-refractivity contribution in [3.05, 3.63) is 41.3 Å². The van der Waals surface area contributed by atoms with Crippen LogP contribution in [0, 0.1) is 0 Å². The lowest BCUT2D eigenvalue weighted by Crippen LogP contribution is -2.27. The van der Waals surface area contributed by atoms with Crippen LogP contribution in [0.25, 0.3) is 11.3 Å². The zero-order valence-electron chi connectivity index (χ0n) is 8.78. The van der Waals surface area contributed by atoms with Crippen LogP contribution < -0.4 is 5.32 Å². The molecule has 2 heterocycles. The van der Waals surface area contributed by atoms with E-state index < -0.39 is 0 Å². The van der Waals surface area contributed by atoms with Gasteiger partial charge >= 0.3 is 0 Å². The zero-order chi connectivity index (χ0) is 11.0. The van der Waals surface area contributed by atoms with Gasteiger partial charge in [-0.1, -0.05) is 29.8 Å². The lowest BCUT2D eigenvalue weighted by atomic mass is 10.1. The highest BCUT2D eigenvalue weighted by molar-refractivity contribution is 6.33. The smallest absolute Gasteiger partial charge is 0.0956 e. The Bertz CT molecular complexity index is 519. The van der Waals surface area contributed by atoms with Crippen molar-refractivity contribution < 1.29 is 0 Å². The van der Waals surface area contributed by atoms with E-state index in [1.807, 2.05) is 30.6 Å². The summed E-state index contributed by atoms with van der Waals surface area (Å²) in [5.41, 5.74) is 3.23. The van der Waals surface area contributed by atoms with Crippen molar-refractivity contribution in [1.82, 2.24) is 14.9 Å². The lowest BCUT2D eigenvalue weighted by Gasteiger charge is -2.16. The molecule has 82 valence electrons. The van der Waals surface area contributed by atoms with Gasteiger partial charge in [0.05, 0.1) is 22.7 Å². The second-order valence-corrected chi connectivity index (χ2v) is 4.30. The highest BCUT2D eigenvalue weighted by Crippen LogP contribution is 2.29. The number of imidazole rings is 1. The van der Waals surface area contributed by atoms with Gasteiger partial charge in [-0.2, -0.15) is 0 Å². The fourth-order valence-electron chi connectivity index (χ4n) is 2.07. The Labute approximate surface area is 99.1 Å². The minimum atomic E-state index is 0.759. The van der Waals surface area contributed by atoms with Crippen molar-refractivity contribution in [3.8, 4) is 11.3 Å². The molecule has 1 aliphatic rings. The normalized spacial score (nSPS) is 14.8. The summed E-state index contributed by atoms with van der Waals surface area (Å²) < 4.78 is 2.19. The minimum Gasteiger partial charge on any atom is -0.332 e. The van der Waals surface area contributed by atoms with Gasteiger partial charge in [-0.15, -0.1) is 0 Å². The Kier molecular flexibility index (Phi) is 2.42. The number of halogens is 1. The Hall–Kier alpha value is -1.32. The minimum absolute atomic E-state index is 0.759. The van der Waals surface area contributed by atoms with Crippen LogP contribution >= 0.6 is 11.6 Å². The number of fused-ring (bicyclic) bond motifs is 1. The standard InChI is InChI=1S/C12H12ClN3/c13-10-4-2-1-3-9(10)12-11-7-14-5-6-16(11)8-15-12/h1-4,8,14H,5-7H2. The molecule has 0 spiro atoms. The van der Waals surface area contributed by atoms with Gasteiger partial charge in [-0.3, -0.25) is 0 Å². The van der Waals surface area contributed by atoms with Crippen molar-refractivity contribution in [1.29, 1.82) is 0 Å². The van der Waals surface area contributed by atoms with Crippen LogP contribution in [0.1, 0.15) is 5.69 Å². The molecule has 1 aromatic heterocycles. The van der Waals surface area contributed by atoms with E-state index in [0.29, 0.717) is 0 Å². The molecule has 0 amide bonds. The maximum absolute atomic E-state index is 6.19. The van der Waals surface area contributed by atoms with Crippen LogP contribution in [0.5, 0.6) is 0 Å². The van der Waals surface area contributed by atoms with Crippen LogP contribution in [0.4, 0.5) is 0 Å². The van der Waals surface area contributed by atoms with Crippen LogP contribution in [0.15, 0.2) is 30.6 Å². The summed E-state index contributed by atoms with van der Waals surface area (Å²) in [4.78, 5) is 4.47. The summed E-state index contributed by atoms with van der Waals surface area (Å²) in [6.45, 7) is 2.85. The van der Waals surface area contributed by atoms with Crippen molar-refractivity contribution in [2.24, 2.45) is 0 Å². The third-order valence-electron chi connectivity index (χ3n) is 2.90. The maximum Gasteiger partial charge on any atom is 0.0956 e. The molecule has 0 bridgehead atoms. The molecule has 1 N–H and O–H groups in total. The SMILES string of the molecule is Clc1ccccc1-c1ncn2c1CNCC2. The van der Waals surface area contributed by atoms with Gasteiger partial charge in [0.25, 0.3) is 0 Å². The van der Waals surface area contributed by atoms with Crippen molar-refractivity contribution >= 4 is 11.6 Å². The molecule has 4 heteroatoms. The number of hydrogen-bond acceptors (Lipinski definition) is 2. The first-order valence-corrected chi connectivity index (χ1v) is 5.73. The number of nitrogens with one attached hydrogen (secondary N) is 1. The second kappa shape index (κ2) is 3.92. The number of rotatable bonds is 1. The molecule has 3 nitrogen and oxygen atoms in total. The summed E-state index contributed by atoms with van der Waals surface area (Å²) in [6.07, 6.45) is 1.90. The van der Waals surface area contributed by atoms with E-state index in [2.05, 4.69) is 14.9 Å². The Morgan fingerprint density at radius 3 is 3.06 bits per heavy atom. The van der Waals surface area contributed by atoms with E-state index in [4.69, 9.17) is 11.6 Å². The van der Waals surface area contributed by atoms with E-state index in [1.54, 1.807) is 0 Å². The monoisotopic (exact) mass is 233 g/mol. The molecule has 0 aliphatic carbocycles. The highest BCUT2D eigenvalue weighted by Gasteiger charge is 2.16. The van der Waals surface area contributed by atoms with E-state index in [0.717, 1.165) is 35.9 Å². The molecule has 0 unspecified atom stereocenters. The Morgan fingerprint density at radius 2 is 2.19 bits per heavy atom. The van der Waals surface area contributed by atoms with Crippen LogP contribution in [-0.2, 0) is 13.1 Å². The molecule has 0 radical (unpaired) electrons. The van der Waals surface area contributed by atoms with Gasteiger partial charge in [0, 0.05) is 25.2 Å². The summed E-state index contributed by atoms with van der Waals surface area (Å²) >= 11 is 6.19. The first-order valence-electron chi connectivity index (χ1n) is 5.36. The highest BCUT2D eigenvalue weighted by atomic mass is 35.5. The van der Waals surface area contributed by atoms with Crippen molar-refractivity contribution in [2.45, 2.75) is 13.1 Å². The van der Waals surface area contributed by atoms with Gasteiger partial charge in [0.15, 0.2) is 0 Å². The fourth-order valence-corrected chi connectivity index (χ4v) is 2.30. The molecule has 3 rings (SSSR count). The summed E-state index contributed by atoms with van der Waals surface area (Å²) in [5.74, 6) is 0. The largest absolute Gasteiger partial charge is 0.332 e. The first-order chi connectivity index (χ1) is 7.86. The number of hydrogen-bond donors (Lipinski definition) is 1. The topological polar surface area (TPSA) is 29.9 Å². The molecule has 1 aliphatic heterocycles. The van der Waals surface area contributed by atoms with Crippen LogP contribution in [0.2, 0.25) is 5.02 Å². The van der Waals surface area contributed by atoms with E-state index in [9.17, 15) is 0 Å². The van der Waals surface area contributed by atoms with Crippen LogP contribution in [-0.4, -0.2) is 16.1 Å². The van der Waals surface area contributed by atoms with Gasteiger partial charge < -0.3 is 9.88 Å². The Balaban J connectivity index is 2.13. The molecular weight excluding hydrogens is 222 g/mol. The Morgan fingerprint density at radius 1 is 1.31 bits per heavy atom. The lowest BCUT2D eigenvalue weighted by molar-refractivity contribution is 0.517. The van der Waals surface area contributed by atoms with E-state index >= 15 is 0 Å². The third kappa shape index (κ3) is 1.52. The van der Waals surface area contributed by atoms with Gasteiger partial charge in [0.2, 0.25) is 0 Å². The number of nitrogens with zero attached hydrogens (tertiary/aromatic N) is 2. The second-order valence-electron chi connectivity index (χ2n) is 3.89. The maximum atomic E-state index is 6.19. The predicted octanol–water partition coefficient (Wildman–Crippen LogP) is 2.31. The number of aromatic nitrogens is 2. The molecular formula is C12H12ClN3. The molecule has 2 aromatic rings. The average molecular weight is 234 g/mol. The third-order valence-corrected chi connectivity index (χ3v) is 3.23. The van der Waals surface area contributed by atoms with Gasteiger partial charge in [-0.25, -0.2) is 4.98 Å². The van der Waals surface area contributed by atoms with Crippen molar-refractivity contribution in [3.63, 3.8) is 0 Å².